The van der Waals surface area contributed by atoms with Crippen LogP contribution in [-0.2, 0) is 5.54 Å². The Morgan fingerprint density at radius 1 is 1.21 bits per heavy atom. The zero-order valence-electron chi connectivity index (χ0n) is 10.5. The van der Waals surface area contributed by atoms with Crippen molar-refractivity contribution in [2.75, 3.05) is 0 Å². The van der Waals surface area contributed by atoms with Gasteiger partial charge in [-0.2, -0.15) is 0 Å². The number of rotatable bonds is 2. The molecule has 1 fully saturated rings. The quantitative estimate of drug-likeness (QED) is 0.855. The van der Waals surface area contributed by atoms with E-state index in [0.717, 1.165) is 12.8 Å². The summed E-state index contributed by atoms with van der Waals surface area (Å²) < 4.78 is 1.29. The van der Waals surface area contributed by atoms with E-state index >= 15 is 0 Å². The first-order chi connectivity index (χ1) is 9.03. The predicted octanol–water partition coefficient (Wildman–Crippen LogP) is 1.42. The SMILES string of the molecule is CC1(n2c(O)c(-c3ccccc3)c(=O)[nH]c2=O)CC1. The summed E-state index contributed by atoms with van der Waals surface area (Å²) in [5, 5.41) is 10.3. The molecule has 1 heterocycles. The van der Waals surface area contributed by atoms with Gasteiger partial charge in [0.15, 0.2) is 0 Å². The third kappa shape index (κ3) is 1.78. The van der Waals surface area contributed by atoms with E-state index in [1.165, 1.54) is 4.57 Å². The van der Waals surface area contributed by atoms with E-state index in [1.807, 2.05) is 13.0 Å². The van der Waals surface area contributed by atoms with Crippen LogP contribution in [0.1, 0.15) is 19.8 Å². The van der Waals surface area contributed by atoms with Gasteiger partial charge in [-0.3, -0.25) is 14.3 Å². The average molecular weight is 258 g/mol. The van der Waals surface area contributed by atoms with Gasteiger partial charge in [0, 0.05) is 5.54 Å². The summed E-state index contributed by atoms with van der Waals surface area (Å²) in [6.07, 6.45) is 1.64. The molecule has 1 aromatic heterocycles. The van der Waals surface area contributed by atoms with Gasteiger partial charge < -0.3 is 5.11 Å². The summed E-state index contributed by atoms with van der Waals surface area (Å²) in [5.41, 5.74) is -0.751. The van der Waals surface area contributed by atoms with E-state index in [1.54, 1.807) is 24.3 Å². The highest BCUT2D eigenvalue weighted by Gasteiger charge is 2.42. The van der Waals surface area contributed by atoms with E-state index in [2.05, 4.69) is 4.98 Å². The number of hydrogen-bond acceptors (Lipinski definition) is 3. The Kier molecular flexibility index (Phi) is 2.38. The van der Waals surface area contributed by atoms with Crippen LogP contribution in [0.4, 0.5) is 0 Å². The second-order valence-corrected chi connectivity index (χ2v) is 5.16. The monoisotopic (exact) mass is 258 g/mol. The van der Waals surface area contributed by atoms with Crippen molar-refractivity contribution in [1.82, 2.24) is 9.55 Å². The lowest BCUT2D eigenvalue weighted by atomic mass is 10.1. The number of aromatic nitrogens is 2. The van der Waals surface area contributed by atoms with Crippen LogP contribution in [0, 0.1) is 0 Å². The molecular formula is C14H14N2O3. The van der Waals surface area contributed by atoms with Gasteiger partial charge in [-0.05, 0) is 25.3 Å². The number of aromatic amines is 1. The summed E-state index contributed by atoms with van der Waals surface area (Å²) in [4.78, 5) is 26.1. The molecular weight excluding hydrogens is 244 g/mol. The highest BCUT2D eigenvalue weighted by atomic mass is 16.3. The van der Waals surface area contributed by atoms with E-state index in [4.69, 9.17) is 0 Å². The summed E-state index contributed by atoms with van der Waals surface area (Å²) in [6.45, 7) is 1.89. The zero-order chi connectivity index (χ0) is 13.6. The number of aromatic hydroxyl groups is 1. The molecule has 2 aromatic rings. The number of H-pyrrole nitrogens is 1. The van der Waals surface area contributed by atoms with Crippen molar-refractivity contribution >= 4 is 0 Å². The molecule has 0 saturated heterocycles. The molecule has 1 aromatic carbocycles. The maximum Gasteiger partial charge on any atom is 0.331 e. The molecule has 3 rings (SSSR count). The van der Waals surface area contributed by atoms with Crippen molar-refractivity contribution in [2.24, 2.45) is 0 Å². The fourth-order valence-electron chi connectivity index (χ4n) is 2.30. The summed E-state index contributed by atoms with van der Waals surface area (Å²) in [5.74, 6) is -0.250. The van der Waals surface area contributed by atoms with Crippen molar-refractivity contribution in [3.8, 4) is 17.0 Å². The fourth-order valence-corrected chi connectivity index (χ4v) is 2.30. The van der Waals surface area contributed by atoms with Crippen LogP contribution in [0.3, 0.4) is 0 Å². The largest absolute Gasteiger partial charge is 0.494 e. The zero-order valence-corrected chi connectivity index (χ0v) is 10.5. The Morgan fingerprint density at radius 2 is 1.84 bits per heavy atom. The Balaban J connectivity index is 2.32. The third-order valence-corrected chi connectivity index (χ3v) is 3.66. The molecule has 19 heavy (non-hydrogen) atoms. The van der Waals surface area contributed by atoms with Crippen LogP contribution in [0.25, 0.3) is 11.1 Å². The van der Waals surface area contributed by atoms with Gasteiger partial charge in [0.2, 0.25) is 5.88 Å². The Hall–Kier alpha value is -2.30. The lowest BCUT2D eigenvalue weighted by Crippen LogP contribution is -2.35. The first kappa shape index (κ1) is 11.8. The topological polar surface area (TPSA) is 75.1 Å². The van der Waals surface area contributed by atoms with Crippen molar-refractivity contribution in [1.29, 1.82) is 0 Å². The first-order valence-corrected chi connectivity index (χ1v) is 6.17. The molecule has 0 bridgehead atoms. The Labute approximate surface area is 109 Å². The predicted molar refractivity (Wildman–Crippen MR) is 71.3 cm³/mol. The van der Waals surface area contributed by atoms with Crippen molar-refractivity contribution in [3.63, 3.8) is 0 Å². The summed E-state index contributed by atoms with van der Waals surface area (Å²) >= 11 is 0. The molecule has 5 nitrogen and oxygen atoms in total. The Morgan fingerprint density at radius 3 is 2.42 bits per heavy atom. The molecule has 0 atom stereocenters. The lowest BCUT2D eigenvalue weighted by Gasteiger charge is -2.16. The van der Waals surface area contributed by atoms with E-state index in [0.29, 0.717) is 5.56 Å². The number of hydrogen-bond donors (Lipinski definition) is 2. The third-order valence-electron chi connectivity index (χ3n) is 3.66. The second kappa shape index (κ2) is 3.85. The van der Waals surface area contributed by atoms with Crippen LogP contribution < -0.4 is 11.2 Å². The number of nitrogens with one attached hydrogen (secondary N) is 1. The van der Waals surface area contributed by atoms with Gasteiger partial charge >= 0.3 is 5.69 Å². The first-order valence-electron chi connectivity index (χ1n) is 6.17. The number of benzene rings is 1. The Bertz CT molecular complexity index is 740. The van der Waals surface area contributed by atoms with Crippen LogP contribution in [0.2, 0.25) is 0 Å². The molecule has 1 aliphatic rings. The maximum atomic E-state index is 11.9. The maximum absolute atomic E-state index is 11.9. The van der Waals surface area contributed by atoms with Crippen LogP contribution in [0.5, 0.6) is 5.88 Å². The van der Waals surface area contributed by atoms with E-state index < -0.39 is 11.2 Å². The molecule has 0 aliphatic heterocycles. The molecule has 0 amide bonds. The van der Waals surface area contributed by atoms with Crippen LogP contribution in [0.15, 0.2) is 39.9 Å². The lowest BCUT2D eigenvalue weighted by molar-refractivity contribution is 0.364. The molecule has 2 N–H and O–H groups in total. The molecule has 0 radical (unpaired) electrons. The van der Waals surface area contributed by atoms with Crippen molar-refractivity contribution in [3.05, 3.63) is 51.2 Å². The molecule has 0 unspecified atom stereocenters. The van der Waals surface area contributed by atoms with Crippen molar-refractivity contribution < 1.29 is 5.11 Å². The smallest absolute Gasteiger partial charge is 0.331 e. The number of nitrogens with zero attached hydrogens (tertiary/aromatic N) is 1. The minimum atomic E-state index is -0.561. The van der Waals surface area contributed by atoms with Gasteiger partial charge in [-0.25, -0.2) is 4.79 Å². The second-order valence-electron chi connectivity index (χ2n) is 5.16. The summed E-state index contributed by atoms with van der Waals surface area (Å²) in [6, 6.07) is 8.85. The molecule has 1 aliphatic carbocycles. The highest BCUT2D eigenvalue weighted by molar-refractivity contribution is 5.67. The fraction of sp³-hybridized carbons (Fsp3) is 0.286. The van der Waals surface area contributed by atoms with Crippen LogP contribution >= 0.6 is 0 Å². The van der Waals surface area contributed by atoms with Crippen LogP contribution in [-0.4, -0.2) is 14.7 Å². The minimum Gasteiger partial charge on any atom is -0.494 e. The van der Waals surface area contributed by atoms with Gasteiger partial charge in [-0.1, -0.05) is 30.3 Å². The summed E-state index contributed by atoms with van der Waals surface area (Å²) in [7, 11) is 0. The molecule has 0 spiro atoms. The minimum absolute atomic E-state index is 0.147. The van der Waals surface area contributed by atoms with Gasteiger partial charge in [-0.15, -0.1) is 0 Å². The normalized spacial score (nSPS) is 16.3. The van der Waals surface area contributed by atoms with Gasteiger partial charge in [0.05, 0.1) is 0 Å². The van der Waals surface area contributed by atoms with Gasteiger partial charge in [0.25, 0.3) is 5.56 Å². The van der Waals surface area contributed by atoms with Crippen molar-refractivity contribution in [2.45, 2.75) is 25.3 Å². The van der Waals surface area contributed by atoms with E-state index in [9.17, 15) is 14.7 Å². The molecule has 98 valence electrons. The van der Waals surface area contributed by atoms with Gasteiger partial charge in [0.1, 0.15) is 5.56 Å². The molecule has 1 saturated carbocycles. The highest BCUT2D eigenvalue weighted by Crippen LogP contribution is 2.44. The molecule has 5 heteroatoms. The standard InChI is InChI=1S/C14H14N2O3/c1-14(7-8-14)16-12(18)10(11(17)15-13(16)19)9-5-3-2-4-6-9/h2-6,18H,7-8H2,1H3,(H,15,17,19). The van der Waals surface area contributed by atoms with E-state index in [-0.39, 0.29) is 17.0 Å². The average Bonchev–Trinajstić information content (AvgIpc) is 3.08.